The summed E-state index contributed by atoms with van der Waals surface area (Å²) in [5.74, 6) is -0.311. The highest BCUT2D eigenvalue weighted by molar-refractivity contribution is 7.89. The highest BCUT2D eigenvalue weighted by atomic mass is 35.5. The van der Waals surface area contributed by atoms with Crippen molar-refractivity contribution in [3.8, 4) is 11.1 Å². The van der Waals surface area contributed by atoms with Crippen molar-refractivity contribution in [1.29, 1.82) is 0 Å². The number of rotatable bonds is 5. The number of halogens is 1. The van der Waals surface area contributed by atoms with E-state index in [2.05, 4.69) is 5.32 Å². The van der Waals surface area contributed by atoms with E-state index in [1.54, 1.807) is 18.2 Å². The van der Waals surface area contributed by atoms with Crippen molar-refractivity contribution in [2.75, 3.05) is 18.4 Å². The zero-order chi connectivity index (χ0) is 21.8. The number of benzene rings is 3. The topological polar surface area (TPSA) is 66.5 Å². The van der Waals surface area contributed by atoms with Crippen LogP contribution < -0.4 is 5.32 Å². The van der Waals surface area contributed by atoms with Gasteiger partial charge >= 0.3 is 0 Å². The second-order valence-corrected chi connectivity index (χ2v) is 9.85. The van der Waals surface area contributed by atoms with Crippen LogP contribution in [0.15, 0.2) is 83.8 Å². The zero-order valence-electron chi connectivity index (χ0n) is 16.9. The highest BCUT2D eigenvalue weighted by Crippen LogP contribution is 2.29. The highest BCUT2D eigenvalue weighted by Gasteiger charge is 2.33. The van der Waals surface area contributed by atoms with E-state index in [9.17, 15) is 13.2 Å². The lowest BCUT2D eigenvalue weighted by Crippen LogP contribution is -2.41. The van der Waals surface area contributed by atoms with Crippen molar-refractivity contribution in [3.05, 3.63) is 83.9 Å². The molecule has 0 spiro atoms. The molecule has 0 aromatic heterocycles. The van der Waals surface area contributed by atoms with Gasteiger partial charge < -0.3 is 5.32 Å². The fourth-order valence-electron chi connectivity index (χ4n) is 3.77. The lowest BCUT2D eigenvalue weighted by atomic mass is 9.97. The van der Waals surface area contributed by atoms with E-state index in [0.29, 0.717) is 25.9 Å². The van der Waals surface area contributed by atoms with Crippen LogP contribution in [0.2, 0.25) is 5.02 Å². The number of amides is 1. The van der Waals surface area contributed by atoms with Crippen molar-refractivity contribution < 1.29 is 13.2 Å². The summed E-state index contributed by atoms with van der Waals surface area (Å²) in [7, 11) is -3.66. The van der Waals surface area contributed by atoms with Crippen LogP contribution in [0.5, 0.6) is 0 Å². The Balaban J connectivity index is 1.36. The number of carbonyl (C=O) groups excluding carboxylic acids is 1. The van der Waals surface area contributed by atoms with Gasteiger partial charge in [-0.25, -0.2) is 8.42 Å². The summed E-state index contributed by atoms with van der Waals surface area (Å²) in [5, 5.41) is 3.17. The Morgan fingerprint density at radius 2 is 1.42 bits per heavy atom. The van der Waals surface area contributed by atoms with Gasteiger partial charge in [0, 0.05) is 24.7 Å². The molecule has 1 fully saturated rings. The first-order valence-corrected chi connectivity index (χ1v) is 12.0. The van der Waals surface area contributed by atoms with E-state index in [4.69, 9.17) is 11.6 Å². The van der Waals surface area contributed by atoms with Gasteiger partial charge in [-0.05, 0) is 48.2 Å². The largest absolute Gasteiger partial charge is 0.326 e. The quantitative estimate of drug-likeness (QED) is 0.586. The molecule has 7 heteroatoms. The van der Waals surface area contributed by atoms with Crippen LogP contribution in [-0.4, -0.2) is 31.7 Å². The van der Waals surface area contributed by atoms with Crippen LogP contribution in [0.3, 0.4) is 0 Å². The molecule has 31 heavy (non-hydrogen) atoms. The molecular formula is C24H23ClN2O3S. The Kier molecular flexibility index (Phi) is 6.41. The predicted molar refractivity (Wildman–Crippen MR) is 123 cm³/mol. The van der Waals surface area contributed by atoms with Crippen LogP contribution in [0, 0.1) is 5.92 Å². The minimum absolute atomic E-state index is 0.0812. The number of hydrogen-bond acceptors (Lipinski definition) is 3. The van der Waals surface area contributed by atoms with Crippen molar-refractivity contribution in [3.63, 3.8) is 0 Å². The molecule has 0 saturated carbocycles. The van der Waals surface area contributed by atoms with Gasteiger partial charge in [0.15, 0.2) is 0 Å². The lowest BCUT2D eigenvalue weighted by molar-refractivity contribution is -0.120. The van der Waals surface area contributed by atoms with Crippen LogP contribution in [0.4, 0.5) is 5.69 Å². The summed E-state index contributed by atoms with van der Waals surface area (Å²) in [6, 6.07) is 24.2. The van der Waals surface area contributed by atoms with Gasteiger partial charge in [0.1, 0.15) is 4.90 Å². The van der Waals surface area contributed by atoms with Crippen molar-refractivity contribution in [2.45, 2.75) is 17.7 Å². The monoisotopic (exact) mass is 454 g/mol. The van der Waals surface area contributed by atoms with Gasteiger partial charge in [-0.1, -0.05) is 66.2 Å². The average molecular weight is 455 g/mol. The molecule has 1 saturated heterocycles. The first-order chi connectivity index (χ1) is 14.9. The molecule has 3 aromatic rings. The van der Waals surface area contributed by atoms with E-state index in [0.717, 1.165) is 16.8 Å². The van der Waals surface area contributed by atoms with Gasteiger partial charge in [0.05, 0.1) is 5.02 Å². The number of sulfonamides is 1. The molecule has 0 aliphatic carbocycles. The number of piperidine rings is 1. The molecule has 0 radical (unpaired) electrons. The molecule has 0 unspecified atom stereocenters. The Morgan fingerprint density at radius 1 is 0.839 bits per heavy atom. The van der Waals surface area contributed by atoms with Gasteiger partial charge in [-0.3, -0.25) is 4.79 Å². The second kappa shape index (κ2) is 9.22. The van der Waals surface area contributed by atoms with Crippen molar-refractivity contribution in [1.82, 2.24) is 4.31 Å². The second-order valence-electron chi connectivity index (χ2n) is 7.54. The third-order valence-corrected chi connectivity index (χ3v) is 7.94. The molecule has 3 aromatic carbocycles. The smallest absolute Gasteiger partial charge is 0.244 e. The Labute approximate surface area is 187 Å². The number of hydrogen-bond donors (Lipinski definition) is 1. The van der Waals surface area contributed by atoms with Gasteiger partial charge in [-0.2, -0.15) is 4.31 Å². The number of nitrogens with one attached hydrogen (secondary N) is 1. The van der Waals surface area contributed by atoms with E-state index in [-0.39, 0.29) is 21.7 Å². The summed E-state index contributed by atoms with van der Waals surface area (Å²) >= 11 is 6.08. The van der Waals surface area contributed by atoms with E-state index < -0.39 is 10.0 Å². The van der Waals surface area contributed by atoms with E-state index in [1.165, 1.54) is 10.4 Å². The third-order valence-electron chi connectivity index (χ3n) is 5.54. The SMILES string of the molecule is O=C(Nc1ccc(-c2ccccc2)cc1)C1CCN(S(=O)(=O)c2ccccc2Cl)CC1. The maximum Gasteiger partial charge on any atom is 0.244 e. The third kappa shape index (κ3) is 4.82. The minimum atomic E-state index is -3.66. The molecule has 5 nitrogen and oxygen atoms in total. The Hall–Kier alpha value is -2.67. The fourth-order valence-corrected chi connectivity index (χ4v) is 5.74. The number of carbonyl (C=O) groups is 1. The van der Waals surface area contributed by atoms with Gasteiger partial charge in [0.25, 0.3) is 0 Å². The summed E-state index contributed by atoms with van der Waals surface area (Å²) in [5.41, 5.74) is 2.93. The first-order valence-electron chi connectivity index (χ1n) is 10.2. The Bertz CT molecular complexity index is 1160. The molecule has 1 amide bonds. The molecule has 0 bridgehead atoms. The normalized spacial score (nSPS) is 15.5. The average Bonchev–Trinajstić information content (AvgIpc) is 2.80. The van der Waals surface area contributed by atoms with Gasteiger partial charge in [0.2, 0.25) is 15.9 Å². The van der Waals surface area contributed by atoms with Crippen molar-refractivity contribution in [2.24, 2.45) is 5.92 Å². The minimum Gasteiger partial charge on any atom is -0.326 e. The standard InChI is InChI=1S/C24H23ClN2O3S/c25-22-8-4-5-9-23(22)31(29,30)27-16-14-20(15-17-27)24(28)26-21-12-10-19(11-13-21)18-6-2-1-3-7-18/h1-13,20H,14-17H2,(H,26,28). The van der Waals surface area contributed by atoms with Crippen LogP contribution >= 0.6 is 11.6 Å². The predicted octanol–water partition coefficient (Wildman–Crippen LogP) is 5.05. The summed E-state index contributed by atoms with van der Waals surface area (Å²) < 4.78 is 27.1. The van der Waals surface area contributed by atoms with E-state index >= 15 is 0 Å². The fraction of sp³-hybridized carbons (Fsp3) is 0.208. The zero-order valence-corrected chi connectivity index (χ0v) is 18.4. The number of anilines is 1. The molecule has 1 aliphatic rings. The van der Waals surface area contributed by atoms with Gasteiger partial charge in [-0.15, -0.1) is 0 Å². The number of nitrogens with zero attached hydrogens (tertiary/aromatic N) is 1. The van der Waals surface area contributed by atoms with Crippen molar-refractivity contribution >= 4 is 33.2 Å². The maximum atomic E-state index is 12.9. The van der Waals surface area contributed by atoms with Crippen LogP contribution in [0.25, 0.3) is 11.1 Å². The molecule has 160 valence electrons. The maximum absolute atomic E-state index is 12.9. The molecular weight excluding hydrogens is 432 g/mol. The molecule has 0 atom stereocenters. The summed E-state index contributed by atoms with van der Waals surface area (Å²) in [6.45, 7) is 0.581. The van der Waals surface area contributed by atoms with Crippen LogP contribution in [-0.2, 0) is 14.8 Å². The molecule has 1 heterocycles. The molecule has 4 rings (SSSR count). The Morgan fingerprint density at radius 3 is 2.06 bits per heavy atom. The molecule has 1 aliphatic heterocycles. The van der Waals surface area contributed by atoms with Crippen LogP contribution in [0.1, 0.15) is 12.8 Å². The lowest BCUT2D eigenvalue weighted by Gasteiger charge is -2.30. The molecule has 1 N–H and O–H groups in total. The summed E-state index contributed by atoms with van der Waals surface area (Å²) in [4.78, 5) is 12.8. The summed E-state index contributed by atoms with van der Waals surface area (Å²) in [6.07, 6.45) is 0.940. The van der Waals surface area contributed by atoms with E-state index in [1.807, 2.05) is 54.6 Å². The first kappa shape index (κ1) is 21.6.